The van der Waals surface area contributed by atoms with Crippen LogP contribution >= 0.6 is 0 Å². The summed E-state index contributed by atoms with van der Waals surface area (Å²) in [5.41, 5.74) is 1.54. The Hall–Kier alpha value is -1.92. The van der Waals surface area contributed by atoms with E-state index < -0.39 is 22.4 Å². The van der Waals surface area contributed by atoms with Crippen molar-refractivity contribution in [1.29, 1.82) is 0 Å². The number of rotatable bonds is 5. The summed E-state index contributed by atoms with van der Waals surface area (Å²) in [6.07, 6.45) is 0.775. The van der Waals surface area contributed by atoms with Crippen LogP contribution in [0.25, 0.3) is 0 Å². The Morgan fingerprint density at radius 1 is 1.19 bits per heavy atom. The van der Waals surface area contributed by atoms with E-state index in [9.17, 15) is 17.9 Å². The minimum absolute atomic E-state index is 0.149. The van der Waals surface area contributed by atoms with Crippen LogP contribution in [0, 0.1) is 5.82 Å². The fourth-order valence-corrected chi connectivity index (χ4v) is 3.27. The summed E-state index contributed by atoms with van der Waals surface area (Å²) in [5.74, 6) is -0.671. The highest BCUT2D eigenvalue weighted by Crippen LogP contribution is 2.21. The van der Waals surface area contributed by atoms with Gasteiger partial charge in [-0.3, -0.25) is 4.72 Å². The smallest absolute Gasteiger partial charge is 0.262 e. The van der Waals surface area contributed by atoms with Crippen LogP contribution in [-0.4, -0.2) is 13.5 Å². The van der Waals surface area contributed by atoms with Gasteiger partial charge in [-0.1, -0.05) is 25.1 Å². The lowest BCUT2D eigenvalue weighted by Gasteiger charge is -2.12. The minimum Gasteiger partial charge on any atom is -0.392 e. The Bertz CT molecular complexity index is 744. The third-order valence-electron chi connectivity index (χ3n) is 3.08. The standard InChI is InChI=1S/C15H16FNO3S/c1-2-11-4-3-5-14(8-11)17-21(19,20)15-9-13(16)7-6-12(15)10-18/h3-9,17-18H,2,10H2,1H3. The molecule has 0 spiro atoms. The lowest BCUT2D eigenvalue weighted by Crippen LogP contribution is -2.15. The molecule has 2 aromatic carbocycles. The van der Waals surface area contributed by atoms with Crippen molar-refractivity contribution in [3.8, 4) is 0 Å². The van der Waals surface area contributed by atoms with Gasteiger partial charge in [0.05, 0.1) is 11.5 Å². The molecule has 0 bridgehead atoms. The molecular weight excluding hydrogens is 293 g/mol. The summed E-state index contributed by atoms with van der Waals surface area (Å²) in [6, 6.07) is 10.2. The van der Waals surface area contributed by atoms with Crippen LogP contribution in [0.15, 0.2) is 47.4 Å². The molecule has 0 atom stereocenters. The van der Waals surface area contributed by atoms with Crippen LogP contribution in [0.3, 0.4) is 0 Å². The summed E-state index contributed by atoms with van der Waals surface area (Å²) in [4.78, 5) is -0.257. The van der Waals surface area contributed by atoms with Gasteiger partial charge in [-0.25, -0.2) is 12.8 Å². The van der Waals surface area contributed by atoms with Gasteiger partial charge in [0.15, 0.2) is 0 Å². The molecule has 0 fully saturated rings. The summed E-state index contributed by atoms with van der Waals surface area (Å²) >= 11 is 0. The molecule has 0 heterocycles. The zero-order valence-electron chi connectivity index (χ0n) is 11.5. The summed E-state index contributed by atoms with van der Waals surface area (Å²) < 4.78 is 40.4. The van der Waals surface area contributed by atoms with Crippen molar-refractivity contribution < 1.29 is 17.9 Å². The Labute approximate surface area is 123 Å². The monoisotopic (exact) mass is 309 g/mol. The van der Waals surface area contributed by atoms with E-state index in [0.717, 1.165) is 24.1 Å². The molecule has 0 amide bonds. The molecular formula is C15H16FNO3S. The van der Waals surface area contributed by atoms with E-state index in [2.05, 4.69) is 4.72 Å². The molecule has 0 aliphatic rings. The zero-order chi connectivity index (χ0) is 15.5. The SMILES string of the molecule is CCc1cccc(NS(=O)(=O)c2cc(F)ccc2CO)c1. The average molecular weight is 309 g/mol. The normalized spacial score (nSPS) is 11.4. The molecule has 6 heteroatoms. The number of hydrogen-bond donors (Lipinski definition) is 2. The van der Waals surface area contributed by atoms with Crippen molar-refractivity contribution >= 4 is 15.7 Å². The van der Waals surface area contributed by atoms with Crippen LogP contribution < -0.4 is 4.72 Å². The molecule has 0 aliphatic carbocycles. The first-order valence-electron chi connectivity index (χ1n) is 6.47. The number of aliphatic hydroxyl groups excluding tert-OH is 1. The number of sulfonamides is 1. The number of anilines is 1. The van der Waals surface area contributed by atoms with Crippen molar-refractivity contribution in [2.45, 2.75) is 24.8 Å². The van der Waals surface area contributed by atoms with E-state index in [4.69, 9.17) is 0 Å². The fourth-order valence-electron chi connectivity index (χ4n) is 1.97. The highest BCUT2D eigenvalue weighted by Gasteiger charge is 2.19. The van der Waals surface area contributed by atoms with Gasteiger partial charge in [-0.15, -0.1) is 0 Å². The number of hydrogen-bond acceptors (Lipinski definition) is 3. The van der Waals surface area contributed by atoms with Crippen LogP contribution in [0.1, 0.15) is 18.1 Å². The van der Waals surface area contributed by atoms with Gasteiger partial charge in [0.25, 0.3) is 10.0 Å². The van der Waals surface area contributed by atoms with E-state index in [1.807, 2.05) is 13.0 Å². The highest BCUT2D eigenvalue weighted by atomic mass is 32.2. The predicted octanol–water partition coefficient (Wildman–Crippen LogP) is 2.68. The number of aryl methyl sites for hydroxylation is 1. The molecule has 0 aliphatic heterocycles. The molecule has 0 aromatic heterocycles. The molecule has 0 saturated carbocycles. The molecule has 2 aromatic rings. The lowest BCUT2D eigenvalue weighted by molar-refractivity contribution is 0.278. The Balaban J connectivity index is 2.40. The minimum atomic E-state index is -3.95. The molecule has 2 N–H and O–H groups in total. The molecule has 112 valence electrons. The predicted molar refractivity (Wildman–Crippen MR) is 79.0 cm³/mol. The number of nitrogens with one attached hydrogen (secondary N) is 1. The first-order valence-corrected chi connectivity index (χ1v) is 7.95. The zero-order valence-corrected chi connectivity index (χ0v) is 12.3. The maximum Gasteiger partial charge on any atom is 0.262 e. The molecule has 0 radical (unpaired) electrons. The van der Waals surface area contributed by atoms with Gasteiger partial charge >= 0.3 is 0 Å². The molecule has 4 nitrogen and oxygen atoms in total. The van der Waals surface area contributed by atoms with Gasteiger partial charge in [0.1, 0.15) is 5.82 Å². The third kappa shape index (κ3) is 3.59. The first-order chi connectivity index (χ1) is 9.96. The second-order valence-corrected chi connectivity index (χ2v) is 6.22. The van der Waals surface area contributed by atoms with Gasteiger partial charge in [-0.2, -0.15) is 0 Å². The number of halogens is 1. The van der Waals surface area contributed by atoms with Crippen LogP contribution in [0.5, 0.6) is 0 Å². The van der Waals surface area contributed by atoms with Crippen LogP contribution in [-0.2, 0) is 23.1 Å². The van der Waals surface area contributed by atoms with E-state index in [1.165, 1.54) is 6.07 Å². The maximum absolute atomic E-state index is 13.3. The molecule has 0 unspecified atom stereocenters. The second kappa shape index (κ2) is 6.24. The Morgan fingerprint density at radius 2 is 1.95 bits per heavy atom. The van der Waals surface area contributed by atoms with Crippen molar-refractivity contribution in [1.82, 2.24) is 0 Å². The van der Waals surface area contributed by atoms with E-state index in [1.54, 1.807) is 18.2 Å². The lowest BCUT2D eigenvalue weighted by atomic mass is 10.1. The topological polar surface area (TPSA) is 66.4 Å². The first kappa shape index (κ1) is 15.5. The van der Waals surface area contributed by atoms with E-state index >= 15 is 0 Å². The second-order valence-electron chi connectivity index (χ2n) is 4.57. The largest absolute Gasteiger partial charge is 0.392 e. The summed E-state index contributed by atoms with van der Waals surface area (Å²) in [5, 5.41) is 9.21. The van der Waals surface area contributed by atoms with Crippen molar-refractivity contribution in [2.75, 3.05) is 4.72 Å². The average Bonchev–Trinajstić information content (AvgIpc) is 2.47. The fraction of sp³-hybridized carbons (Fsp3) is 0.200. The Kier molecular flexibility index (Phi) is 4.59. The summed E-state index contributed by atoms with van der Waals surface area (Å²) in [6.45, 7) is 1.48. The quantitative estimate of drug-likeness (QED) is 0.892. The van der Waals surface area contributed by atoms with Crippen molar-refractivity contribution in [3.63, 3.8) is 0 Å². The maximum atomic E-state index is 13.3. The van der Waals surface area contributed by atoms with Crippen LogP contribution in [0.4, 0.5) is 10.1 Å². The third-order valence-corrected chi connectivity index (χ3v) is 4.54. The Morgan fingerprint density at radius 3 is 2.62 bits per heavy atom. The van der Waals surface area contributed by atoms with Gasteiger partial charge < -0.3 is 5.11 Å². The van der Waals surface area contributed by atoms with Gasteiger partial charge in [0, 0.05) is 5.69 Å². The summed E-state index contributed by atoms with van der Waals surface area (Å²) in [7, 11) is -3.95. The molecule has 21 heavy (non-hydrogen) atoms. The van der Waals surface area contributed by atoms with Crippen molar-refractivity contribution in [2.24, 2.45) is 0 Å². The number of benzene rings is 2. The molecule has 2 rings (SSSR count). The van der Waals surface area contributed by atoms with E-state index in [0.29, 0.717) is 5.69 Å². The van der Waals surface area contributed by atoms with Gasteiger partial charge in [0.2, 0.25) is 0 Å². The van der Waals surface area contributed by atoms with Gasteiger partial charge in [-0.05, 0) is 41.8 Å². The van der Waals surface area contributed by atoms with Crippen LogP contribution in [0.2, 0.25) is 0 Å². The number of aliphatic hydroxyl groups is 1. The van der Waals surface area contributed by atoms with Crippen molar-refractivity contribution in [3.05, 3.63) is 59.4 Å². The van der Waals surface area contributed by atoms with E-state index in [-0.39, 0.29) is 10.5 Å². The highest BCUT2D eigenvalue weighted by molar-refractivity contribution is 7.92. The molecule has 0 saturated heterocycles.